The lowest BCUT2D eigenvalue weighted by molar-refractivity contribution is -0.133. The van der Waals surface area contributed by atoms with E-state index in [1.165, 1.54) is 32.1 Å². The highest BCUT2D eigenvalue weighted by Crippen LogP contribution is 2.21. The maximum Gasteiger partial charge on any atom is 0.236 e. The minimum Gasteiger partial charge on any atom is -0.355 e. The number of rotatable bonds is 6. The highest BCUT2D eigenvalue weighted by atomic mass is 127. The molecule has 2 heterocycles. The van der Waals surface area contributed by atoms with E-state index in [0.717, 1.165) is 77.2 Å². The number of amides is 1. The van der Waals surface area contributed by atoms with Crippen LogP contribution in [0.25, 0.3) is 0 Å². The lowest BCUT2D eigenvalue weighted by Gasteiger charge is -2.37. The van der Waals surface area contributed by atoms with Gasteiger partial charge in [0.2, 0.25) is 5.91 Å². The number of carbonyl (C=O) groups excluding carboxylic acids is 1. The minimum atomic E-state index is 0. The zero-order chi connectivity index (χ0) is 19.8. The Morgan fingerprint density at radius 1 is 0.966 bits per heavy atom. The number of guanidine groups is 1. The van der Waals surface area contributed by atoms with Crippen LogP contribution in [0.5, 0.6) is 0 Å². The van der Waals surface area contributed by atoms with Crippen LogP contribution >= 0.6 is 24.0 Å². The number of hydrogen-bond acceptors (Lipinski definition) is 4. The van der Waals surface area contributed by atoms with Gasteiger partial charge in [0, 0.05) is 65.4 Å². The molecule has 2 saturated heterocycles. The molecule has 0 bridgehead atoms. The van der Waals surface area contributed by atoms with E-state index in [4.69, 9.17) is 0 Å². The first-order valence-electron chi connectivity index (χ1n) is 11.3. The van der Waals surface area contributed by atoms with E-state index in [1.54, 1.807) is 0 Å². The second kappa shape index (κ2) is 12.9. The normalized spacial score (nSPS) is 22.1. The maximum atomic E-state index is 12.5. The number of carbonyl (C=O) groups is 1. The fourth-order valence-corrected chi connectivity index (χ4v) is 4.76. The molecule has 29 heavy (non-hydrogen) atoms. The van der Waals surface area contributed by atoms with Gasteiger partial charge in [-0.1, -0.05) is 12.8 Å². The first-order chi connectivity index (χ1) is 13.7. The van der Waals surface area contributed by atoms with Crippen LogP contribution in [0.1, 0.15) is 44.9 Å². The summed E-state index contributed by atoms with van der Waals surface area (Å²) in [4.78, 5) is 26.1. The molecule has 0 spiro atoms. The topological polar surface area (TPSA) is 54.4 Å². The number of likely N-dealkylation sites (N-methyl/N-ethyl adjacent to an activating group) is 1. The molecule has 3 aliphatic rings. The molecule has 0 aromatic carbocycles. The van der Waals surface area contributed by atoms with Crippen LogP contribution in [0.15, 0.2) is 4.99 Å². The number of aliphatic imine (C=N–C) groups is 1. The number of nitrogens with one attached hydrogen (secondary N) is 1. The van der Waals surface area contributed by atoms with E-state index in [1.807, 2.05) is 7.05 Å². The van der Waals surface area contributed by atoms with Crippen molar-refractivity contribution in [2.75, 3.05) is 73.0 Å². The van der Waals surface area contributed by atoms with Gasteiger partial charge in [0.1, 0.15) is 0 Å². The molecule has 3 rings (SSSR count). The van der Waals surface area contributed by atoms with E-state index < -0.39 is 0 Å². The maximum absolute atomic E-state index is 12.5. The summed E-state index contributed by atoms with van der Waals surface area (Å²) in [5.41, 5.74) is 0. The van der Waals surface area contributed by atoms with Gasteiger partial charge in [-0.15, -0.1) is 24.0 Å². The van der Waals surface area contributed by atoms with Crippen molar-refractivity contribution in [3.8, 4) is 0 Å². The molecular formula is C21H41IN6O. The van der Waals surface area contributed by atoms with E-state index in [9.17, 15) is 4.79 Å². The van der Waals surface area contributed by atoms with Crippen molar-refractivity contribution >= 4 is 35.8 Å². The summed E-state index contributed by atoms with van der Waals surface area (Å²) in [6.07, 6.45) is 9.07. The summed E-state index contributed by atoms with van der Waals surface area (Å²) in [6, 6.07) is 0.768. The average molecular weight is 521 g/mol. The Kier molecular flexibility index (Phi) is 11.0. The van der Waals surface area contributed by atoms with Gasteiger partial charge in [-0.2, -0.15) is 0 Å². The van der Waals surface area contributed by atoms with Gasteiger partial charge in [-0.3, -0.25) is 14.7 Å². The lowest BCUT2D eigenvalue weighted by atomic mass is 10.1. The van der Waals surface area contributed by atoms with Gasteiger partial charge in [0.05, 0.1) is 6.54 Å². The van der Waals surface area contributed by atoms with Gasteiger partial charge in [0.15, 0.2) is 5.96 Å². The standard InChI is InChI=1S/C21H40N6O.HI/c1-22-21(23-10-13-24(2)19-8-4-5-9-19)27-16-14-25(15-17-27)18-20(28)26-11-6-3-7-12-26;/h19H,3-18H2,1-2H3,(H,22,23);1H. The first kappa shape index (κ1) is 24.7. The van der Waals surface area contributed by atoms with Crippen molar-refractivity contribution in [1.29, 1.82) is 0 Å². The molecule has 0 unspecified atom stereocenters. The second-order valence-electron chi connectivity index (χ2n) is 8.60. The van der Waals surface area contributed by atoms with Gasteiger partial charge >= 0.3 is 0 Å². The quantitative estimate of drug-likeness (QED) is 0.328. The Morgan fingerprint density at radius 3 is 2.24 bits per heavy atom. The first-order valence-corrected chi connectivity index (χ1v) is 11.3. The van der Waals surface area contributed by atoms with Crippen molar-refractivity contribution in [3.05, 3.63) is 0 Å². The Balaban J connectivity index is 0.00000300. The van der Waals surface area contributed by atoms with Gasteiger partial charge < -0.3 is 20.0 Å². The van der Waals surface area contributed by atoms with Crippen LogP contribution in [0.4, 0.5) is 0 Å². The number of piperazine rings is 1. The summed E-state index contributed by atoms with van der Waals surface area (Å²) in [5.74, 6) is 1.31. The molecule has 0 atom stereocenters. The molecule has 1 aliphatic carbocycles. The second-order valence-corrected chi connectivity index (χ2v) is 8.60. The van der Waals surface area contributed by atoms with Crippen molar-refractivity contribution in [2.45, 2.75) is 51.0 Å². The van der Waals surface area contributed by atoms with Crippen LogP contribution in [-0.4, -0.2) is 111 Å². The largest absolute Gasteiger partial charge is 0.355 e. The molecule has 0 radical (unpaired) electrons. The number of hydrogen-bond donors (Lipinski definition) is 1. The number of piperidine rings is 1. The van der Waals surface area contributed by atoms with Crippen molar-refractivity contribution in [3.63, 3.8) is 0 Å². The predicted octanol–water partition coefficient (Wildman–Crippen LogP) is 1.68. The zero-order valence-corrected chi connectivity index (χ0v) is 20.8. The lowest BCUT2D eigenvalue weighted by Crippen LogP contribution is -2.55. The molecule has 1 saturated carbocycles. The minimum absolute atomic E-state index is 0. The van der Waals surface area contributed by atoms with Crippen molar-refractivity contribution in [2.24, 2.45) is 4.99 Å². The number of likely N-dealkylation sites (tertiary alicyclic amines) is 1. The SMILES string of the molecule is CN=C(NCCN(C)C1CCCC1)N1CCN(CC(=O)N2CCCCC2)CC1.I. The summed E-state index contributed by atoms with van der Waals surface area (Å²) >= 11 is 0. The van der Waals surface area contributed by atoms with Gasteiger partial charge in [0.25, 0.3) is 0 Å². The van der Waals surface area contributed by atoms with Crippen molar-refractivity contribution < 1.29 is 4.79 Å². The number of halogens is 1. The summed E-state index contributed by atoms with van der Waals surface area (Å²) in [6.45, 7) is 8.21. The van der Waals surface area contributed by atoms with Crippen LogP contribution < -0.4 is 5.32 Å². The molecule has 7 nitrogen and oxygen atoms in total. The number of nitrogens with zero attached hydrogens (tertiary/aromatic N) is 5. The molecule has 1 N–H and O–H groups in total. The predicted molar refractivity (Wildman–Crippen MR) is 130 cm³/mol. The molecule has 8 heteroatoms. The summed E-state index contributed by atoms with van der Waals surface area (Å²) in [5, 5.41) is 3.54. The molecular weight excluding hydrogens is 479 g/mol. The Bertz CT molecular complexity index is 511. The Labute approximate surface area is 194 Å². The Hall–Kier alpha value is -0.610. The molecule has 2 aliphatic heterocycles. The third-order valence-electron chi connectivity index (χ3n) is 6.65. The summed E-state index contributed by atoms with van der Waals surface area (Å²) < 4.78 is 0. The molecule has 3 fully saturated rings. The zero-order valence-electron chi connectivity index (χ0n) is 18.4. The van der Waals surface area contributed by atoms with Crippen LogP contribution in [0.2, 0.25) is 0 Å². The monoisotopic (exact) mass is 520 g/mol. The van der Waals surface area contributed by atoms with Crippen molar-refractivity contribution in [1.82, 2.24) is 24.9 Å². The highest BCUT2D eigenvalue weighted by molar-refractivity contribution is 14.0. The van der Waals surface area contributed by atoms with E-state index in [-0.39, 0.29) is 24.0 Å². The van der Waals surface area contributed by atoms with E-state index in [0.29, 0.717) is 12.5 Å². The van der Waals surface area contributed by atoms with Crippen LogP contribution in [-0.2, 0) is 4.79 Å². The third kappa shape index (κ3) is 7.54. The van der Waals surface area contributed by atoms with Gasteiger partial charge in [-0.05, 0) is 39.2 Å². The molecule has 168 valence electrons. The van der Waals surface area contributed by atoms with Crippen LogP contribution in [0, 0.1) is 0 Å². The average Bonchev–Trinajstić information content (AvgIpc) is 3.27. The fraction of sp³-hybridized carbons (Fsp3) is 0.905. The van der Waals surface area contributed by atoms with Crippen LogP contribution in [0.3, 0.4) is 0 Å². The summed E-state index contributed by atoms with van der Waals surface area (Å²) in [7, 11) is 4.12. The van der Waals surface area contributed by atoms with E-state index in [2.05, 4.69) is 37.0 Å². The fourth-order valence-electron chi connectivity index (χ4n) is 4.76. The molecule has 0 aromatic rings. The smallest absolute Gasteiger partial charge is 0.236 e. The Morgan fingerprint density at radius 2 is 1.62 bits per heavy atom. The third-order valence-corrected chi connectivity index (χ3v) is 6.65. The molecule has 1 amide bonds. The molecule has 0 aromatic heterocycles. The van der Waals surface area contributed by atoms with Gasteiger partial charge in [-0.25, -0.2) is 0 Å². The van der Waals surface area contributed by atoms with E-state index >= 15 is 0 Å². The highest BCUT2D eigenvalue weighted by Gasteiger charge is 2.24.